The lowest BCUT2D eigenvalue weighted by Gasteiger charge is -2.12. The molecule has 0 atom stereocenters. The average molecular weight is 438 g/mol. The number of rotatable bonds is 9. The zero-order valence-corrected chi connectivity index (χ0v) is 18.2. The molecular weight excluding hydrogens is 412 g/mol. The van der Waals surface area contributed by atoms with Gasteiger partial charge < -0.3 is 29.2 Å². The number of H-pyrrole nitrogens is 1. The average Bonchev–Trinajstić information content (AvgIpc) is 3.27. The molecule has 8 nitrogen and oxygen atoms in total. The number of hydrogen-bond acceptors (Lipinski definition) is 6. The first-order valence-corrected chi connectivity index (χ1v) is 10.6. The van der Waals surface area contributed by atoms with E-state index in [4.69, 9.17) is 18.9 Å². The predicted molar refractivity (Wildman–Crippen MR) is 120 cm³/mol. The molecule has 0 bridgehead atoms. The molecule has 0 spiro atoms. The van der Waals surface area contributed by atoms with Crippen molar-refractivity contribution in [3.63, 3.8) is 0 Å². The lowest BCUT2D eigenvalue weighted by atomic mass is 10.1. The van der Waals surface area contributed by atoms with Gasteiger partial charge in [-0.05, 0) is 36.2 Å². The molecule has 32 heavy (non-hydrogen) atoms. The number of carbonyl (C=O) groups is 1. The van der Waals surface area contributed by atoms with Crippen LogP contribution in [0.25, 0.3) is 10.9 Å². The second kappa shape index (κ2) is 9.64. The molecule has 0 unspecified atom stereocenters. The summed E-state index contributed by atoms with van der Waals surface area (Å²) in [7, 11) is 1.55. The van der Waals surface area contributed by atoms with Gasteiger partial charge >= 0.3 is 0 Å². The van der Waals surface area contributed by atoms with E-state index in [1.807, 2.05) is 12.1 Å². The number of methoxy groups -OCH3 is 1. The molecule has 1 aromatic heterocycles. The summed E-state index contributed by atoms with van der Waals surface area (Å²) in [4.78, 5) is 28.0. The van der Waals surface area contributed by atoms with Crippen LogP contribution in [0, 0.1) is 0 Å². The van der Waals surface area contributed by atoms with Crippen LogP contribution in [0.15, 0.2) is 41.2 Å². The summed E-state index contributed by atoms with van der Waals surface area (Å²) in [6.07, 6.45) is 3.12. The highest BCUT2D eigenvalue weighted by molar-refractivity contribution is 5.97. The maximum absolute atomic E-state index is 12.7. The Bertz CT molecular complexity index is 1190. The second-order valence-electron chi connectivity index (χ2n) is 7.53. The number of nitrogens with one attached hydrogen (secondary N) is 2. The van der Waals surface area contributed by atoms with Crippen LogP contribution in [0.2, 0.25) is 0 Å². The quantitative estimate of drug-likeness (QED) is 0.494. The maximum atomic E-state index is 12.7. The minimum absolute atomic E-state index is 0.0281. The minimum atomic E-state index is -0.473. The molecule has 0 radical (unpaired) electrons. The van der Waals surface area contributed by atoms with E-state index in [2.05, 4.69) is 17.2 Å². The molecule has 2 aromatic carbocycles. The first-order chi connectivity index (χ1) is 15.6. The predicted octanol–water partition coefficient (Wildman–Crippen LogP) is 3.76. The highest BCUT2D eigenvalue weighted by atomic mass is 16.7. The zero-order valence-electron chi connectivity index (χ0n) is 18.2. The van der Waals surface area contributed by atoms with E-state index in [9.17, 15) is 9.59 Å². The Morgan fingerprint density at radius 2 is 1.94 bits per heavy atom. The highest BCUT2D eigenvalue weighted by Gasteiger charge is 2.16. The molecule has 2 N–H and O–H groups in total. The number of benzene rings is 2. The topological polar surface area (TPSA) is 98.9 Å². The summed E-state index contributed by atoms with van der Waals surface area (Å²) in [5.74, 6) is 1.96. The second-order valence-corrected chi connectivity index (χ2v) is 7.53. The molecule has 1 amide bonds. The van der Waals surface area contributed by atoms with Crippen LogP contribution < -0.4 is 29.8 Å². The Morgan fingerprint density at radius 3 is 2.75 bits per heavy atom. The molecule has 2 heterocycles. The van der Waals surface area contributed by atoms with E-state index >= 15 is 0 Å². The molecule has 0 fully saturated rings. The molecular formula is C24H26N2O6. The van der Waals surface area contributed by atoms with Gasteiger partial charge in [0.2, 0.25) is 6.79 Å². The standard InChI is InChI=1S/C24H26N2O6/c1-3-4-5-8-30-22-11-16-10-17(24(28)26-18(16)12-20(22)29-2)23(27)25-13-15-6-7-19-21(9-15)32-14-31-19/h6-7,9-12H,3-5,8,13-14H2,1-2H3,(H,25,27)(H,26,28). The molecule has 4 rings (SSSR count). The van der Waals surface area contributed by atoms with Crippen LogP contribution in [0.3, 0.4) is 0 Å². The number of unbranched alkanes of at least 4 members (excludes halogenated alkanes) is 2. The molecule has 0 aliphatic carbocycles. The fourth-order valence-electron chi connectivity index (χ4n) is 3.52. The normalized spacial score (nSPS) is 12.1. The molecule has 8 heteroatoms. The third-order valence-corrected chi connectivity index (χ3v) is 5.27. The van der Waals surface area contributed by atoms with Gasteiger partial charge in [0.25, 0.3) is 11.5 Å². The van der Waals surface area contributed by atoms with Crippen molar-refractivity contribution in [2.24, 2.45) is 0 Å². The van der Waals surface area contributed by atoms with Crippen molar-refractivity contribution in [2.45, 2.75) is 32.7 Å². The molecule has 3 aromatic rings. The first kappa shape index (κ1) is 21.5. The van der Waals surface area contributed by atoms with Gasteiger partial charge in [-0.15, -0.1) is 0 Å². The van der Waals surface area contributed by atoms with Gasteiger partial charge in [0.15, 0.2) is 23.0 Å². The molecule has 168 valence electrons. The van der Waals surface area contributed by atoms with Gasteiger partial charge in [0.05, 0.1) is 19.2 Å². The Labute approximate surface area is 185 Å². The van der Waals surface area contributed by atoms with E-state index in [-0.39, 0.29) is 18.9 Å². The van der Waals surface area contributed by atoms with Gasteiger partial charge in [-0.3, -0.25) is 9.59 Å². The number of ether oxygens (including phenoxy) is 4. The largest absolute Gasteiger partial charge is 0.493 e. The van der Waals surface area contributed by atoms with Gasteiger partial charge in [-0.25, -0.2) is 0 Å². The minimum Gasteiger partial charge on any atom is -0.493 e. The molecule has 1 aliphatic heterocycles. The van der Waals surface area contributed by atoms with Crippen LogP contribution in [-0.2, 0) is 6.54 Å². The summed E-state index contributed by atoms with van der Waals surface area (Å²) in [5, 5.41) is 3.47. The number of amides is 1. The van der Waals surface area contributed by atoms with Crippen molar-refractivity contribution in [2.75, 3.05) is 20.5 Å². The number of hydrogen-bond donors (Lipinski definition) is 2. The van der Waals surface area contributed by atoms with Crippen LogP contribution >= 0.6 is 0 Å². The number of carbonyl (C=O) groups excluding carboxylic acids is 1. The summed E-state index contributed by atoms with van der Waals surface area (Å²) in [5.41, 5.74) is 0.965. The summed E-state index contributed by atoms with van der Waals surface area (Å²) >= 11 is 0. The van der Waals surface area contributed by atoms with E-state index in [1.54, 1.807) is 31.4 Å². The van der Waals surface area contributed by atoms with Crippen LogP contribution in [0.4, 0.5) is 0 Å². The van der Waals surface area contributed by atoms with E-state index in [0.717, 1.165) is 24.8 Å². The van der Waals surface area contributed by atoms with Crippen LogP contribution in [0.5, 0.6) is 23.0 Å². The third kappa shape index (κ3) is 4.64. The smallest absolute Gasteiger partial charge is 0.261 e. The SMILES string of the molecule is CCCCCOc1cc2cc(C(=O)NCc3ccc4c(c3)OCO4)c(=O)[nH]c2cc1OC. The molecule has 0 saturated carbocycles. The van der Waals surface area contributed by atoms with Crippen LogP contribution in [0.1, 0.15) is 42.1 Å². The fraction of sp³-hybridized carbons (Fsp3) is 0.333. The van der Waals surface area contributed by atoms with Crippen LogP contribution in [-0.4, -0.2) is 31.4 Å². The van der Waals surface area contributed by atoms with Crippen molar-refractivity contribution >= 4 is 16.8 Å². The summed E-state index contributed by atoms with van der Waals surface area (Å²) in [6.45, 7) is 3.14. The van der Waals surface area contributed by atoms with E-state index in [0.29, 0.717) is 40.5 Å². The maximum Gasteiger partial charge on any atom is 0.261 e. The van der Waals surface area contributed by atoms with Crippen molar-refractivity contribution in [3.8, 4) is 23.0 Å². The summed E-state index contributed by atoms with van der Waals surface area (Å²) < 4.78 is 21.9. The van der Waals surface area contributed by atoms with E-state index < -0.39 is 11.5 Å². The number of pyridine rings is 1. The van der Waals surface area contributed by atoms with Crippen molar-refractivity contribution in [3.05, 3.63) is 57.9 Å². The molecule has 1 aliphatic rings. The Balaban J connectivity index is 1.52. The fourth-order valence-corrected chi connectivity index (χ4v) is 3.52. The number of aromatic nitrogens is 1. The Kier molecular flexibility index (Phi) is 6.49. The number of aromatic amines is 1. The van der Waals surface area contributed by atoms with Gasteiger partial charge in [0, 0.05) is 18.0 Å². The van der Waals surface area contributed by atoms with E-state index in [1.165, 1.54) is 0 Å². The third-order valence-electron chi connectivity index (χ3n) is 5.27. The monoisotopic (exact) mass is 438 g/mol. The number of fused-ring (bicyclic) bond motifs is 2. The zero-order chi connectivity index (χ0) is 22.5. The van der Waals surface area contributed by atoms with Crippen molar-refractivity contribution in [1.82, 2.24) is 10.3 Å². The molecule has 0 saturated heterocycles. The lowest BCUT2D eigenvalue weighted by Crippen LogP contribution is -2.29. The Hall–Kier alpha value is -3.68. The lowest BCUT2D eigenvalue weighted by molar-refractivity contribution is 0.0949. The van der Waals surface area contributed by atoms with Gasteiger partial charge in [-0.2, -0.15) is 0 Å². The Morgan fingerprint density at radius 1 is 1.09 bits per heavy atom. The highest BCUT2D eigenvalue weighted by Crippen LogP contribution is 2.33. The van der Waals surface area contributed by atoms with Gasteiger partial charge in [-0.1, -0.05) is 25.8 Å². The van der Waals surface area contributed by atoms with Gasteiger partial charge in [0.1, 0.15) is 5.56 Å². The van der Waals surface area contributed by atoms with Crippen molar-refractivity contribution < 1.29 is 23.7 Å². The first-order valence-electron chi connectivity index (χ1n) is 10.6. The summed E-state index contributed by atoms with van der Waals surface area (Å²) in [6, 6.07) is 10.5. The van der Waals surface area contributed by atoms with Crippen molar-refractivity contribution in [1.29, 1.82) is 0 Å².